The first-order chi connectivity index (χ1) is 8.56. The summed E-state index contributed by atoms with van der Waals surface area (Å²) in [6, 6.07) is 5.61. The van der Waals surface area contributed by atoms with E-state index < -0.39 is 0 Å². The lowest BCUT2D eigenvalue weighted by molar-refractivity contribution is 0.101. The molecule has 0 atom stereocenters. The van der Waals surface area contributed by atoms with Crippen LogP contribution in [0, 0.1) is 5.41 Å². The number of Topliss-reactive ketones (excluding diaryl/α,β-unsaturated/α-hetero) is 1. The Morgan fingerprint density at radius 2 is 2.17 bits per heavy atom. The van der Waals surface area contributed by atoms with Gasteiger partial charge >= 0.3 is 0 Å². The van der Waals surface area contributed by atoms with Gasteiger partial charge in [0.2, 0.25) is 0 Å². The number of hydrogen-bond donors (Lipinski definition) is 2. The van der Waals surface area contributed by atoms with Crippen molar-refractivity contribution in [2.45, 2.75) is 39.5 Å². The average Bonchev–Trinajstić information content (AvgIpc) is 3.08. The van der Waals surface area contributed by atoms with Gasteiger partial charge in [-0.15, -0.1) is 0 Å². The van der Waals surface area contributed by atoms with Crippen molar-refractivity contribution in [3.8, 4) is 0 Å². The largest absolute Gasteiger partial charge is 0.398 e. The first kappa shape index (κ1) is 12.9. The van der Waals surface area contributed by atoms with E-state index in [0.717, 1.165) is 12.2 Å². The Bertz CT molecular complexity index is 450. The van der Waals surface area contributed by atoms with Gasteiger partial charge in [0.15, 0.2) is 5.78 Å². The number of rotatable bonds is 6. The summed E-state index contributed by atoms with van der Waals surface area (Å²) in [5.74, 6) is 0.0193. The summed E-state index contributed by atoms with van der Waals surface area (Å²) in [6.07, 6.45) is 5.17. The molecule has 1 aliphatic carbocycles. The summed E-state index contributed by atoms with van der Waals surface area (Å²) in [7, 11) is 0. The van der Waals surface area contributed by atoms with E-state index in [2.05, 4.69) is 12.2 Å². The van der Waals surface area contributed by atoms with Crippen LogP contribution in [0.5, 0.6) is 0 Å². The minimum absolute atomic E-state index is 0.0193. The van der Waals surface area contributed by atoms with Gasteiger partial charge in [-0.3, -0.25) is 4.79 Å². The molecule has 0 unspecified atom stereocenters. The molecule has 0 aliphatic heterocycles. The number of ketones is 1. The maximum atomic E-state index is 11.4. The van der Waals surface area contributed by atoms with Crippen LogP contribution in [0.15, 0.2) is 18.2 Å². The summed E-state index contributed by atoms with van der Waals surface area (Å²) in [5, 5.41) is 3.45. The molecule has 3 heteroatoms. The van der Waals surface area contributed by atoms with E-state index >= 15 is 0 Å². The number of nitrogen functional groups attached to an aromatic ring is 1. The van der Waals surface area contributed by atoms with Gasteiger partial charge in [-0.1, -0.05) is 13.3 Å². The molecule has 0 heterocycles. The third kappa shape index (κ3) is 2.84. The van der Waals surface area contributed by atoms with Crippen LogP contribution in [-0.4, -0.2) is 12.3 Å². The first-order valence-electron chi connectivity index (χ1n) is 6.71. The fourth-order valence-corrected chi connectivity index (χ4v) is 2.48. The van der Waals surface area contributed by atoms with Crippen LogP contribution in [0.25, 0.3) is 0 Å². The molecule has 1 saturated carbocycles. The van der Waals surface area contributed by atoms with Gasteiger partial charge in [0.05, 0.1) is 0 Å². The third-order valence-electron chi connectivity index (χ3n) is 3.84. The molecule has 3 N–H and O–H groups in total. The Balaban J connectivity index is 2.02. The Hall–Kier alpha value is -1.51. The van der Waals surface area contributed by atoms with Gasteiger partial charge in [0.25, 0.3) is 0 Å². The highest BCUT2D eigenvalue weighted by Crippen LogP contribution is 2.49. The van der Waals surface area contributed by atoms with Crippen LogP contribution in [-0.2, 0) is 0 Å². The highest BCUT2D eigenvalue weighted by Gasteiger charge is 2.40. The van der Waals surface area contributed by atoms with Crippen molar-refractivity contribution in [2.75, 3.05) is 17.6 Å². The van der Waals surface area contributed by atoms with Crippen LogP contribution < -0.4 is 11.1 Å². The van der Waals surface area contributed by atoms with Crippen LogP contribution in [0.3, 0.4) is 0 Å². The fourth-order valence-electron chi connectivity index (χ4n) is 2.48. The summed E-state index contributed by atoms with van der Waals surface area (Å²) < 4.78 is 0. The van der Waals surface area contributed by atoms with Crippen LogP contribution in [0.1, 0.15) is 49.9 Å². The highest BCUT2D eigenvalue weighted by atomic mass is 16.1. The molecule has 2 rings (SSSR count). The van der Waals surface area contributed by atoms with E-state index in [4.69, 9.17) is 5.73 Å². The number of carbonyl (C=O) groups excluding carboxylic acids is 1. The summed E-state index contributed by atoms with van der Waals surface area (Å²) >= 11 is 0. The van der Waals surface area contributed by atoms with E-state index in [1.54, 1.807) is 13.0 Å². The molecule has 1 fully saturated rings. The van der Waals surface area contributed by atoms with Gasteiger partial charge in [-0.2, -0.15) is 0 Å². The maximum absolute atomic E-state index is 11.4. The van der Waals surface area contributed by atoms with E-state index in [-0.39, 0.29) is 5.78 Å². The molecule has 0 saturated heterocycles. The first-order valence-corrected chi connectivity index (χ1v) is 6.71. The average molecular weight is 246 g/mol. The van der Waals surface area contributed by atoms with E-state index in [1.807, 2.05) is 12.1 Å². The monoisotopic (exact) mass is 246 g/mol. The number of benzene rings is 1. The number of carbonyl (C=O) groups is 1. The van der Waals surface area contributed by atoms with Crippen LogP contribution in [0.2, 0.25) is 0 Å². The number of nitrogens with one attached hydrogen (secondary N) is 1. The Kier molecular flexibility index (Phi) is 3.60. The lowest BCUT2D eigenvalue weighted by Crippen LogP contribution is -2.15. The Morgan fingerprint density at radius 3 is 2.72 bits per heavy atom. The zero-order valence-corrected chi connectivity index (χ0v) is 11.3. The van der Waals surface area contributed by atoms with Crippen molar-refractivity contribution < 1.29 is 4.79 Å². The second-order valence-electron chi connectivity index (χ2n) is 5.46. The van der Waals surface area contributed by atoms with Crippen molar-refractivity contribution in [3.05, 3.63) is 23.8 Å². The van der Waals surface area contributed by atoms with Crippen LogP contribution >= 0.6 is 0 Å². The normalized spacial score (nSPS) is 16.3. The van der Waals surface area contributed by atoms with Crippen molar-refractivity contribution in [1.82, 2.24) is 0 Å². The van der Waals surface area contributed by atoms with Gasteiger partial charge in [-0.05, 0) is 49.8 Å². The lowest BCUT2D eigenvalue weighted by atomic mass is 10.0. The van der Waals surface area contributed by atoms with Crippen molar-refractivity contribution in [3.63, 3.8) is 0 Å². The maximum Gasteiger partial charge on any atom is 0.161 e. The van der Waals surface area contributed by atoms with E-state index in [0.29, 0.717) is 16.7 Å². The summed E-state index contributed by atoms with van der Waals surface area (Å²) in [5.41, 5.74) is 8.46. The van der Waals surface area contributed by atoms with Gasteiger partial charge in [0, 0.05) is 23.5 Å². The Labute approximate surface area is 109 Å². The minimum Gasteiger partial charge on any atom is -0.398 e. The molecule has 0 aromatic heterocycles. The van der Waals surface area contributed by atoms with Gasteiger partial charge in [-0.25, -0.2) is 0 Å². The van der Waals surface area contributed by atoms with Crippen molar-refractivity contribution in [1.29, 1.82) is 0 Å². The lowest BCUT2D eigenvalue weighted by Gasteiger charge is -2.16. The smallest absolute Gasteiger partial charge is 0.161 e. The molecule has 18 heavy (non-hydrogen) atoms. The molecule has 98 valence electrons. The zero-order valence-electron chi connectivity index (χ0n) is 11.3. The van der Waals surface area contributed by atoms with Crippen molar-refractivity contribution >= 4 is 17.2 Å². The van der Waals surface area contributed by atoms with Crippen molar-refractivity contribution in [2.24, 2.45) is 5.41 Å². The predicted molar refractivity (Wildman–Crippen MR) is 75.9 cm³/mol. The minimum atomic E-state index is 0.0193. The SMILES string of the molecule is CCCC1(CNc2ccc(N)c(C(C)=O)c2)CC1. The molecule has 0 amide bonds. The number of anilines is 2. The molecule has 0 spiro atoms. The third-order valence-corrected chi connectivity index (χ3v) is 3.84. The zero-order chi connectivity index (χ0) is 13.2. The molecular weight excluding hydrogens is 224 g/mol. The molecule has 0 bridgehead atoms. The quantitative estimate of drug-likeness (QED) is 0.597. The summed E-state index contributed by atoms with van der Waals surface area (Å²) in [4.78, 5) is 11.4. The molecule has 1 aromatic rings. The molecule has 3 nitrogen and oxygen atoms in total. The van der Waals surface area contributed by atoms with Gasteiger partial charge in [0.1, 0.15) is 0 Å². The summed E-state index contributed by atoms with van der Waals surface area (Å²) in [6.45, 7) is 4.79. The molecule has 1 aromatic carbocycles. The second-order valence-corrected chi connectivity index (χ2v) is 5.46. The fraction of sp³-hybridized carbons (Fsp3) is 0.533. The van der Waals surface area contributed by atoms with Gasteiger partial charge < -0.3 is 11.1 Å². The molecule has 0 radical (unpaired) electrons. The van der Waals surface area contributed by atoms with E-state index in [1.165, 1.54) is 25.7 Å². The standard InChI is InChI=1S/C15H22N2O/c1-3-6-15(7-8-15)10-17-12-4-5-14(16)13(9-12)11(2)18/h4-5,9,17H,3,6-8,10,16H2,1-2H3. The number of hydrogen-bond acceptors (Lipinski definition) is 3. The second kappa shape index (κ2) is 5.01. The highest BCUT2D eigenvalue weighted by molar-refractivity contribution is 6.00. The Morgan fingerprint density at radius 1 is 1.44 bits per heavy atom. The molecular formula is C15H22N2O. The van der Waals surface area contributed by atoms with E-state index in [9.17, 15) is 4.79 Å². The molecule has 1 aliphatic rings. The van der Waals surface area contributed by atoms with Crippen LogP contribution in [0.4, 0.5) is 11.4 Å². The number of nitrogens with two attached hydrogens (primary N) is 1. The topological polar surface area (TPSA) is 55.1 Å². The predicted octanol–water partition coefficient (Wildman–Crippen LogP) is 3.46.